The molecular formula is C37H47NO7. The zero-order chi connectivity index (χ0) is 32.3. The molecule has 0 aliphatic carbocycles. The molecule has 8 nitrogen and oxygen atoms in total. The summed E-state index contributed by atoms with van der Waals surface area (Å²) < 4.78 is 29.4. The highest BCUT2D eigenvalue weighted by atomic mass is 16.7. The average Bonchev–Trinajstić information content (AvgIpc) is 3.03. The fraction of sp³-hybridized carbons (Fsp3) is 0.459. The number of carbonyl (C=O) groups excluding carboxylic acids is 2. The summed E-state index contributed by atoms with van der Waals surface area (Å²) in [6, 6.07) is 25.9. The number of amides is 1. The number of hydrogen-bond donors (Lipinski definition) is 1. The van der Waals surface area contributed by atoms with Crippen molar-refractivity contribution >= 4 is 11.9 Å². The van der Waals surface area contributed by atoms with Crippen LogP contribution >= 0.6 is 0 Å². The van der Waals surface area contributed by atoms with E-state index in [4.69, 9.17) is 23.7 Å². The van der Waals surface area contributed by atoms with Crippen molar-refractivity contribution in [2.45, 2.75) is 84.9 Å². The Balaban J connectivity index is 1.24. The number of esters is 1. The van der Waals surface area contributed by atoms with Gasteiger partial charge in [0.1, 0.15) is 30.8 Å². The van der Waals surface area contributed by atoms with Gasteiger partial charge in [0, 0.05) is 24.4 Å². The lowest BCUT2D eigenvalue weighted by Crippen LogP contribution is -2.56. The summed E-state index contributed by atoms with van der Waals surface area (Å²) in [7, 11) is 0. The van der Waals surface area contributed by atoms with Gasteiger partial charge in [0.25, 0.3) is 0 Å². The van der Waals surface area contributed by atoms with Crippen LogP contribution in [0, 0.1) is 5.41 Å². The second kappa shape index (κ2) is 15.9. The van der Waals surface area contributed by atoms with E-state index in [2.05, 4.69) is 12.2 Å². The molecule has 1 N–H and O–H groups in total. The minimum absolute atomic E-state index is 0.0536. The van der Waals surface area contributed by atoms with Crippen LogP contribution in [0.4, 0.5) is 0 Å². The Hall–Kier alpha value is -3.88. The molecule has 1 amide bonds. The third kappa shape index (κ3) is 10.6. The van der Waals surface area contributed by atoms with Crippen molar-refractivity contribution in [2.24, 2.45) is 5.41 Å². The molecule has 1 aliphatic rings. The molecule has 3 aromatic rings. The van der Waals surface area contributed by atoms with Gasteiger partial charge in [0.05, 0.1) is 13.2 Å². The van der Waals surface area contributed by atoms with Gasteiger partial charge in [0.15, 0.2) is 5.79 Å². The second-order valence-electron chi connectivity index (χ2n) is 12.7. The third-order valence-corrected chi connectivity index (χ3v) is 7.81. The molecule has 0 radical (unpaired) electrons. The van der Waals surface area contributed by atoms with E-state index in [9.17, 15) is 9.59 Å². The van der Waals surface area contributed by atoms with E-state index >= 15 is 0 Å². The molecule has 1 aliphatic heterocycles. The van der Waals surface area contributed by atoms with Gasteiger partial charge in [-0.2, -0.15) is 0 Å². The first-order chi connectivity index (χ1) is 21.5. The fourth-order valence-electron chi connectivity index (χ4n) is 5.06. The molecule has 242 valence electrons. The highest BCUT2D eigenvalue weighted by molar-refractivity contribution is 5.81. The first-order valence-corrected chi connectivity index (χ1v) is 15.7. The molecule has 45 heavy (non-hydrogen) atoms. The van der Waals surface area contributed by atoms with Gasteiger partial charge in [-0.05, 0) is 55.4 Å². The Labute approximate surface area is 267 Å². The van der Waals surface area contributed by atoms with Crippen LogP contribution in [0.2, 0.25) is 0 Å². The highest BCUT2D eigenvalue weighted by Gasteiger charge is 2.45. The molecule has 2 unspecified atom stereocenters. The number of ether oxygens (including phenoxy) is 5. The smallest absolute Gasteiger partial charge is 0.305 e. The molecule has 0 spiro atoms. The van der Waals surface area contributed by atoms with Gasteiger partial charge in [0.2, 0.25) is 5.91 Å². The zero-order valence-electron chi connectivity index (χ0n) is 27.2. The first kappa shape index (κ1) is 34.0. The van der Waals surface area contributed by atoms with E-state index < -0.39 is 17.3 Å². The van der Waals surface area contributed by atoms with Crippen LogP contribution in [0.5, 0.6) is 11.5 Å². The normalized spacial score (nSPS) is 17.6. The average molecular weight is 618 g/mol. The zero-order valence-corrected chi connectivity index (χ0v) is 27.2. The Morgan fingerprint density at radius 2 is 1.56 bits per heavy atom. The van der Waals surface area contributed by atoms with E-state index in [-0.39, 0.29) is 30.8 Å². The largest absolute Gasteiger partial charge is 0.489 e. The molecule has 1 saturated heterocycles. The lowest BCUT2D eigenvalue weighted by molar-refractivity contribution is -0.304. The van der Waals surface area contributed by atoms with E-state index in [0.717, 1.165) is 28.2 Å². The molecule has 1 fully saturated rings. The summed E-state index contributed by atoms with van der Waals surface area (Å²) in [5.41, 5.74) is 2.73. The summed E-state index contributed by atoms with van der Waals surface area (Å²) in [6.07, 6.45) is 0.781. The quantitative estimate of drug-likeness (QED) is 0.146. The summed E-state index contributed by atoms with van der Waals surface area (Å²) in [6.45, 7) is 11.5. The van der Waals surface area contributed by atoms with Gasteiger partial charge < -0.3 is 29.0 Å². The van der Waals surface area contributed by atoms with Crippen LogP contribution in [0.1, 0.15) is 76.5 Å². The van der Waals surface area contributed by atoms with Crippen LogP contribution < -0.4 is 14.8 Å². The Morgan fingerprint density at radius 3 is 2.22 bits per heavy atom. The van der Waals surface area contributed by atoms with Crippen molar-refractivity contribution in [1.82, 2.24) is 5.32 Å². The van der Waals surface area contributed by atoms with Gasteiger partial charge in [-0.3, -0.25) is 9.59 Å². The van der Waals surface area contributed by atoms with E-state index in [0.29, 0.717) is 39.2 Å². The lowest BCUT2D eigenvalue weighted by Gasteiger charge is -2.44. The van der Waals surface area contributed by atoms with Crippen molar-refractivity contribution in [3.05, 3.63) is 95.6 Å². The molecule has 3 aromatic carbocycles. The minimum atomic E-state index is -0.808. The van der Waals surface area contributed by atoms with E-state index in [1.165, 1.54) is 0 Å². The fourth-order valence-corrected chi connectivity index (χ4v) is 5.06. The predicted molar refractivity (Wildman–Crippen MR) is 173 cm³/mol. The molecule has 2 atom stereocenters. The Bertz CT molecular complexity index is 1370. The molecule has 4 rings (SSSR count). The number of benzene rings is 3. The summed E-state index contributed by atoms with van der Waals surface area (Å²) in [5, 5.41) is 2.91. The maximum atomic E-state index is 12.8. The van der Waals surface area contributed by atoms with Crippen LogP contribution in [-0.2, 0) is 37.0 Å². The van der Waals surface area contributed by atoms with Crippen molar-refractivity contribution in [3.63, 3.8) is 0 Å². The van der Waals surface area contributed by atoms with Gasteiger partial charge >= 0.3 is 5.97 Å². The number of nitrogens with one attached hydrogen (secondary N) is 1. The van der Waals surface area contributed by atoms with Crippen LogP contribution in [-0.4, -0.2) is 43.5 Å². The monoisotopic (exact) mass is 617 g/mol. The van der Waals surface area contributed by atoms with Gasteiger partial charge in [-0.15, -0.1) is 0 Å². The van der Waals surface area contributed by atoms with Crippen molar-refractivity contribution in [3.8, 4) is 11.5 Å². The molecule has 8 heteroatoms. The van der Waals surface area contributed by atoms with Crippen LogP contribution in [0.25, 0.3) is 0 Å². The second-order valence-corrected chi connectivity index (χ2v) is 12.7. The van der Waals surface area contributed by atoms with Crippen molar-refractivity contribution in [1.29, 1.82) is 0 Å². The van der Waals surface area contributed by atoms with Crippen LogP contribution in [0.3, 0.4) is 0 Å². The number of hydrogen-bond acceptors (Lipinski definition) is 7. The SMILES string of the molecule is CC(CCC(=O)OCCCNC(=O)C1OC(C)(C)OCC1(C)C)c1ccc(OCc2ccccc2)cc1OCc1ccccc1. The molecule has 0 aromatic heterocycles. The van der Waals surface area contributed by atoms with E-state index in [1.54, 1.807) is 13.8 Å². The minimum Gasteiger partial charge on any atom is -0.489 e. The maximum Gasteiger partial charge on any atom is 0.305 e. The van der Waals surface area contributed by atoms with Crippen molar-refractivity contribution in [2.75, 3.05) is 19.8 Å². The predicted octanol–water partition coefficient (Wildman–Crippen LogP) is 6.96. The first-order valence-electron chi connectivity index (χ1n) is 15.7. The van der Waals surface area contributed by atoms with Crippen LogP contribution in [0.15, 0.2) is 78.9 Å². The van der Waals surface area contributed by atoms with Gasteiger partial charge in [-0.1, -0.05) is 87.5 Å². The summed E-state index contributed by atoms with van der Waals surface area (Å²) >= 11 is 0. The summed E-state index contributed by atoms with van der Waals surface area (Å²) in [5.74, 6) is 0.257. The summed E-state index contributed by atoms with van der Waals surface area (Å²) in [4.78, 5) is 25.3. The van der Waals surface area contributed by atoms with E-state index in [1.807, 2.05) is 92.7 Å². The number of carbonyl (C=O) groups is 2. The number of rotatable bonds is 15. The van der Waals surface area contributed by atoms with Gasteiger partial charge in [-0.25, -0.2) is 0 Å². The third-order valence-electron chi connectivity index (χ3n) is 7.81. The topological polar surface area (TPSA) is 92.3 Å². The maximum absolute atomic E-state index is 12.8. The molecular weight excluding hydrogens is 570 g/mol. The Morgan fingerprint density at radius 1 is 0.911 bits per heavy atom. The highest BCUT2D eigenvalue weighted by Crippen LogP contribution is 2.35. The Kier molecular flexibility index (Phi) is 12.0. The van der Waals surface area contributed by atoms with Crippen molar-refractivity contribution < 1.29 is 33.3 Å². The molecule has 0 saturated carbocycles. The lowest BCUT2D eigenvalue weighted by atomic mass is 9.85. The molecule has 1 heterocycles. The standard InChI is InChI=1S/C37H47NO7/c1-27(17-20-33(39)41-22-12-21-38-35(40)34-36(2,3)26-44-37(4,5)45-34)31-19-18-30(42-24-28-13-8-6-9-14-28)23-32(31)43-25-29-15-10-7-11-16-29/h6-11,13-16,18-19,23,27,34H,12,17,20-22,24-26H2,1-5H3,(H,38,40). The molecule has 0 bridgehead atoms.